The van der Waals surface area contributed by atoms with Crippen LogP contribution in [0, 0.1) is 27.4 Å². The van der Waals surface area contributed by atoms with E-state index in [2.05, 4.69) is 5.32 Å². The van der Waals surface area contributed by atoms with Gasteiger partial charge in [-0.05, 0) is 31.4 Å². The number of benzene rings is 1. The lowest BCUT2D eigenvalue weighted by atomic mass is 9.94. The smallest absolute Gasteiger partial charge is 0.289 e. The number of nitrogens with one attached hydrogen (secondary N) is 1. The Kier molecular flexibility index (Phi) is 5.06. The molecule has 0 amide bonds. The van der Waals surface area contributed by atoms with Crippen molar-refractivity contribution >= 4 is 11.4 Å². The molecule has 0 bridgehead atoms. The maximum atomic E-state index is 10.9. The summed E-state index contributed by atoms with van der Waals surface area (Å²) in [6, 6.07) is 6.09. The lowest BCUT2D eigenvalue weighted by molar-refractivity contribution is -0.385. The van der Waals surface area contributed by atoms with Crippen molar-refractivity contribution in [3.8, 4) is 6.07 Å². The van der Waals surface area contributed by atoms with Crippen LogP contribution in [0.15, 0.2) is 18.2 Å². The Bertz CT molecular complexity index is 533. The van der Waals surface area contributed by atoms with Crippen LogP contribution in [0.25, 0.3) is 0 Å². The number of rotatable bonds is 6. The van der Waals surface area contributed by atoms with E-state index in [1.165, 1.54) is 12.1 Å². The molecule has 0 saturated heterocycles. The second kappa shape index (κ2) is 6.35. The standard InChI is InChI=1S/C14H19N3O3/c1-10(2)7-14(3,18)9-16-12-5-4-11(8-15)13(6-12)17(19)20/h4-6,10,16,18H,7,9H2,1-3H3. The largest absolute Gasteiger partial charge is 0.388 e. The Morgan fingerprint density at radius 3 is 2.70 bits per heavy atom. The highest BCUT2D eigenvalue weighted by Crippen LogP contribution is 2.24. The van der Waals surface area contributed by atoms with Crippen molar-refractivity contribution in [3.05, 3.63) is 33.9 Å². The van der Waals surface area contributed by atoms with Gasteiger partial charge in [0.2, 0.25) is 0 Å². The number of nitriles is 1. The minimum Gasteiger partial charge on any atom is -0.388 e. The van der Waals surface area contributed by atoms with E-state index in [1.54, 1.807) is 19.1 Å². The molecule has 6 nitrogen and oxygen atoms in total. The van der Waals surface area contributed by atoms with Gasteiger partial charge in [0.1, 0.15) is 11.6 Å². The Balaban J connectivity index is 2.82. The van der Waals surface area contributed by atoms with Gasteiger partial charge in [-0.15, -0.1) is 0 Å². The molecule has 0 saturated carbocycles. The molecule has 108 valence electrons. The Labute approximate surface area is 118 Å². The van der Waals surface area contributed by atoms with E-state index in [4.69, 9.17) is 5.26 Å². The van der Waals surface area contributed by atoms with E-state index >= 15 is 0 Å². The van der Waals surface area contributed by atoms with Crippen LogP contribution in [-0.4, -0.2) is 22.2 Å². The maximum absolute atomic E-state index is 10.9. The molecule has 1 aromatic carbocycles. The summed E-state index contributed by atoms with van der Waals surface area (Å²) in [4.78, 5) is 10.3. The third-order valence-corrected chi connectivity index (χ3v) is 2.84. The van der Waals surface area contributed by atoms with E-state index in [0.717, 1.165) is 0 Å². The van der Waals surface area contributed by atoms with Crippen LogP contribution in [-0.2, 0) is 0 Å². The molecule has 0 aliphatic carbocycles. The molecule has 0 aliphatic rings. The molecule has 1 unspecified atom stereocenters. The average molecular weight is 277 g/mol. The average Bonchev–Trinajstić information content (AvgIpc) is 2.34. The van der Waals surface area contributed by atoms with E-state index in [-0.39, 0.29) is 17.8 Å². The summed E-state index contributed by atoms with van der Waals surface area (Å²) in [5.41, 5.74) is -0.591. The third-order valence-electron chi connectivity index (χ3n) is 2.84. The molecule has 20 heavy (non-hydrogen) atoms. The molecular weight excluding hydrogens is 258 g/mol. The summed E-state index contributed by atoms with van der Waals surface area (Å²) in [5, 5.41) is 32.8. The number of nitro benzene ring substituents is 1. The van der Waals surface area contributed by atoms with Crippen LogP contribution < -0.4 is 5.32 Å². The SMILES string of the molecule is CC(C)CC(C)(O)CNc1ccc(C#N)c([N+](=O)[O-])c1. The fourth-order valence-electron chi connectivity index (χ4n) is 2.13. The second-order valence-corrected chi connectivity index (χ2v) is 5.55. The number of anilines is 1. The van der Waals surface area contributed by atoms with E-state index in [0.29, 0.717) is 18.0 Å². The van der Waals surface area contributed by atoms with Gasteiger partial charge in [0.05, 0.1) is 10.5 Å². The fourth-order valence-corrected chi connectivity index (χ4v) is 2.13. The van der Waals surface area contributed by atoms with Gasteiger partial charge in [-0.25, -0.2) is 0 Å². The molecule has 0 spiro atoms. The third kappa shape index (κ3) is 4.52. The van der Waals surface area contributed by atoms with Gasteiger partial charge in [-0.2, -0.15) is 5.26 Å². The highest BCUT2D eigenvalue weighted by Gasteiger charge is 2.22. The molecule has 0 radical (unpaired) electrons. The summed E-state index contributed by atoms with van der Waals surface area (Å²) >= 11 is 0. The molecule has 1 aromatic rings. The van der Waals surface area contributed by atoms with Crippen molar-refractivity contribution in [2.24, 2.45) is 5.92 Å². The first kappa shape index (κ1) is 15.9. The van der Waals surface area contributed by atoms with E-state index in [9.17, 15) is 15.2 Å². The predicted octanol–water partition coefficient (Wildman–Crippen LogP) is 2.68. The second-order valence-electron chi connectivity index (χ2n) is 5.55. The Morgan fingerprint density at radius 1 is 1.55 bits per heavy atom. The quantitative estimate of drug-likeness (QED) is 0.615. The number of aliphatic hydroxyl groups is 1. The van der Waals surface area contributed by atoms with Gasteiger partial charge in [-0.1, -0.05) is 13.8 Å². The zero-order chi connectivity index (χ0) is 15.3. The molecule has 0 fully saturated rings. The van der Waals surface area contributed by atoms with Gasteiger partial charge < -0.3 is 10.4 Å². The first-order valence-electron chi connectivity index (χ1n) is 6.40. The topological polar surface area (TPSA) is 99.2 Å². The normalized spacial score (nSPS) is 13.6. The lowest BCUT2D eigenvalue weighted by Crippen LogP contribution is -2.34. The van der Waals surface area contributed by atoms with Crippen molar-refractivity contribution in [1.29, 1.82) is 5.26 Å². The number of nitro groups is 1. The monoisotopic (exact) mass is 277 g/mol. The van der Waals surface area contributed by atoms with Crippen molar-refractivity contribution in [2.45, 2.75) is 32.8 Å². The zero-order valence-electron chi connectivity index (χ0n) is 11.9. The first-order chi connectivity index (χ1) is 9.25. The molecule has 1 atom stereocenters. The molecular formula is C14H19N3O3. The predicted molar refractivity (Wildman–Crippen MR) is 76.4 cm³/mol. The molecule has 0 heterocycles. The van der Waals surface area contributed by atoms with Crippen LogP contribution in [0.5, 0.6) is 0 Å². The van der Waals surface area contributed by atoms with Crippen molar-refractivity contribution in [3.63, 3.8) is 0 Å². The van der Waals surface area contributed by atoms with Gasteiger partial charge in [0.25, 0.3) is 5.69 Å². The maximum Gasteiger partial charge on any atom is 0.289 e. The lowest BCUT2D eigenvalue weighted by Gasteiger charge is -2.26. The van der Waals surface area contributed by atoms with Crippen molar-refractivity contribution in [1.82, 2.24) is 0 Å². The van der Waals surface area contributed by atoms with Crippen LogP contribution in [0.3, 0.4) is 0 Å². The van der Waals surface area contributed by atoms with Gasteiger partial charge in [0, 0.05) is 18.3 Å². The molecule has 6 heteroatoms. The van der Waals surface area contributed by atoms with E-state index < -0.39 is 10.5 Å². The van der Waals surface area contributed by atoms with Crippen LogP contribution in [0.4, 0.5) is 11.4 Å². The summed E-state index contributed by atoms with van der Waals surface area (Å²) in [6.45, 7) is 6.04. The van der Waals surface area contributed by atoms with E-state index in [1.807, 2.05) is 13.8 Å². The summed E-state index contributed by atoms with van der Waals surface area (Å²) in [7, 11) is 0. The van der Waals surface area contributed by atoms with Gasteiger partial charge in [0.15, 0.2) is 0 Å². The Morgan fingerprint density at radius 2 is 2.20 bits per heavy atom. The number of hydrogen-bond donors (Lipinski definition) is 2. The highest BCUT2D eigenvalue weighted by atomic mass is 16.6. The van der Waals surface area contributed by atoms with Crippen LogP contribution in [0.2, 0.25) is 0 Å². The summed E-state index contributed by atoms with van der Waals surface area (Å²) in [6.07, 6.45) is 0.623. The zero-order valence-corrected chi connectivity index (χ0v) is 11.9. The number of nitrogens with zero attached hydrogens (tertiary/aromatic N) is 2. The van der Waals surface area contributed by atoms with Crippen molar-refractivity contribution in [2.75, 3.05) is 11.9 Å². The molecule has 1 rings (SSSR count). The van der Waals surface area contributed by atoms with Gasteiger partial charge >= 0.3 is 0 Å². The molecule has 0 aliphatic heterocycles. The first-order valence-corrected chi connectivity index (χ1v) is 6.40. The minimum absolute atomic E-state index is 0.0227. The minimum atomic E-state index is -0.892. The Hall–Kier alpha value is -2.13. The van der Waals surface area contributed by atoms with Crippen molar-refractivity contribution < 1.29 is 10.0 Å². The van der Waals surface area contributed by atoms with Gasteiger partial charge in [-0.3, -0.25) is 10.1 Å². The van der Waals surface area contributed by atoms with Crippen LogP contribution >= 0.6 is 0 Å². The molecule has 2 N–H and O–H groups in total. The summed E-state index contributed by atoms with van der Waals surface area (Å²) < 4.78 is 0. The highest BCUT2D eigenvalue weighted by molar-refractivity contribution is 5.59. The van der Waals surface area contributed by atoms with Crippen LogP contribution in [0.1, 0.15) is 32.8 Å². The number of hydrogen-bond acceptors (Lipinski definition) is 5. The summed E-state index contributed by atoms with van der Waals surface area (Å²) in [5.74, 6) is 0.349. The fraction of sp³-hybridized carbons (Fsp3) is 0.500. The molecule has 0 aromatic heterocycles.